The minimum Gasteiger partial charge on any atom is -0.378 e. The summed E-state index contributed by atoms with van der Waals surface area (Å²) in [5.74, 6) is 0.0490. The number of aromatic nitrogens is 2. The average molecular weight is 567 g/mol. The number of anilines is 2. The number of aryl methyl sites for hydroxylation is 1. The summed E-state index contributed by atoms with van der Waals surface area (Å²) in [5, 5.41) is 0. The lowest BCUT2D eigenvalue weighted by Crippen LogP contribution is -2.57. The Labute approximate surface area is 245 Å². The van der Waals surface area contributed by atoms with E-state index >= 15 is 0 Å². The van der Waals surface area contributed by atoms with E-state index in [1.165, 1.54) is 12.1 Å². The molecule has 6 rings (SSSR count). The first kappa shape index (κ1) is 27.9. The SMILES string of the molecule is [C-]#[N+]c1ccc2c(n1)c(N1C[C@@H](C)N(C(c3ccc(F)cc3)c3cccc(N4CCOCC4)c3)C[C@@H]1C)cc(=O)n2C. The number of nitrogens with zero attached hydrogens (tertiary/aromatic N) is 6. The fourth-order valence-corrected chi connectivity index (χ4v) is 6.37. The van der Waals surface area contributed by atoms with Gasteiger partial charge in [0.25, 0.3) is 11.4 Å². The smallest absolute Gasteiger partial charge is 0.270 e. The largest absolute Gasteiger partial charge is 0.378 e. The molecule has 8 nitrogen and oxygen atoms in total. The second-order valence-electron chi connectivity index (χ2n) is 11.3. The lowest BCUT2D eigenvalue weighted by atomic mass is 9.93. The number of piperazine rings is 1. The third kappa shape index (κ3) is 5.24. The molecule has 216 valence electrons. The van der Waals surface area contributed by atoms with Gasteiger partial charge in [0.05, 0.1) is 30.5 Å². The van der Waals surface area contributed by atoms with Crippen molar-refractivity contribution in [1.82, 2.24) is 14.5 Å². The van der Waals surface area contributed by atoms with Crippen LogP contribution in [-0.4, -0.2) is 65.9 Å². The van der Waals surface area contributed by atoms with Crippen molar-refractivity contribution in [2.45, 2.75) is 32.0 Å². The number of hydrogen-bond acceptors (Lipinski definition) is 6. The third-order valence-electron chi connectivity index (χ3n) is 8.59. The van der Waals surface area contributed by atoms with Crippen LogP contribution in [0.25, 0.3) is 15.9 Å². The van der Waals surface area contributed by atoms with Crippen molar-refractivity contribution < 1.29 is 9.13 Å². The first-order chi connectivity index (χ1) is 20.3. The van der Waals surface area contributed by atoms with E-state index in [2.05, 4.69) is 62.6 Å². The van der Waals surface area contributed by atoms with Crippen molar-refractivity contribution in [3.8, 4) is 0 Å². The van der Waals surface area contributed by atoms with Crippen molar-refractivity contribution in [1.29, 1.82) is 0 Å². The molecule has 2 aliphatic heterocycles. The number of pyridine rings is 2. The third-order valence-corrected chi connectivity index (χ3v) is 8.59. The van der Waals surface area contributed by atoms with Gasteiger partial charge in [-0.25, -0.2) is 4.39 Å². The van der Waals surface area contributed by atoms with Crippen LogP contribution in [0.5, 0.6) is 0 Å². The van der Waals surface area contributed by atoms with Gasteiger partial charge in [-0.2, -0.15) is 0 Å². The average Bonchev–Trinajstić information content (AvgIpc) is 3.02. The zero-order chi connectivity index (χ0) is 29.4. The van der Waals surface area contributed by atoms with E-state index in [1.54, 1.807) is 29.8 Å². The Kier molecular flexibility index (Phi) is 7.67. The number of hydrogen-bond donors (Lipinski definition) is 0. The molecule has 2 aromatic heterocycles. The van der Waals surface area contributed by atoms with Crippen molar-refractivity contribution in [3.63, 3.8) is 0 Å². The molecular formula is C33H35FN6O2. The van der Waals surface area contributed by atoms with E-state index in [0.29, 0.717) is 43.2 Å². The molecule has 9 heteroatoms. The molecule has 0 bridgehead atoms. The van der Waals surface area contributed by atoms with Crippen LogP contribution < -0.4 is 15.4 Å². The molecular weight excluding hydrogens is 531 g/mol. The Balaban J connectivity index is 1.38. The second kappa shape index (κ2) is 11.6. The monoisotopic (exact) mass is 566 g/mol. The van der Waals surface area contributed by atoms with Gasteiger partial charge in [0.15, 0.2) is 0 Å². The van der Waals surface area contributed by atoms with E-state index in [1.807, 2.05) is 12.1 Å². The number of morpholine rings is 1. The maximum absolute atomic E-state index is 14.0. The number of fused-ring (bicyclic) bond motifs is 1. The maximum atomic E-state index is 14.0. The summed E-state index contributed by atoms with van der Waals surface area (Å²) in [7, 11) is 1.73. The highest BCUT2D eigenvalue weighted by molar-refractivity contribution is 5.89. The molecule has 0 N–H and O–H groups in total. The zero-order valence-corrected chi connectivity index (χ0v) is 24.2. The Morgan fingerprint density at radius 3 is 2.48 bits per heavy atom. The van der Waals surface area contributed by atoms with Gasteiger partial charge >= 0.3 is 0 Å². The van der Waals surface area contributed by atoms with E-state index in [0.717, 1.165) is 35.6 Å². The Morgan fingerprint density at radius 2 is 1.74 bits per heavy atom. The second-order valence-corrected chi connectivity index (χ2v) is 11.3. The van der Waals surface area contributed by atoms with E-state index in [9.17, 15) is 9.18 Å². The summed E-state index contributed by atoms with van der Waals surface area (Å²) in [6.07, 6.45) is 0. The Hall–Kier alpha value is -4.26. The van der Waals surface area contributed by atoms with Crippen LogP contribution in [-0.2, 0) is 11.8 Å². The predicted molar refractivity (Wildman–Crippen MR) is 164 cm³/mol. The summed E-state index contributed by atoms with van der Waals surface area (Å²) < 4.78 is 21.2. The number of benzene rings is 2. The van der Waals surface area contributed by atoms with Crippen LogP contribution in [0.2, 0.25) is 0 Å². The molecule has 4 aromatic rings. The minimum absolute atomic E-state index is 0.0419. The molecule has 0 spiro atoms. The molecule has 3 atom stereocenters. The normalized spacial score (nSPS) is 20.5. The first-order valence-corrected chi connectivity index (χ1v) is 14.4. The van der Waals surface area contributed by atoms with E-state index in [4.69, 9.17) is 11.3 Å². The molecule has 2 aromatic carbocycles. The quantitative estimate of drug-likeness (QED) is 0.312. The fraction of sp³-hybridized carbons (Fsp3) is 0.364. The highest BCUT2D eigenvalue weighted by atomic mass is 19.1. The molecule has 4 heterocycles. The lowest BCUT2D eigenvalue weighted by Gasteiger charge is -2.48. The molecule has 0 aliphatic carbocycles. The predicted octanol–water partition coefficient (Wildman–Crippen LogP) is 5.15. The van der Waals surface area contributed by atoms with Gasteiger partial charge in [0.1, 0.15) is 5.82 Å². The topological polar surface area (TPSA) is 58.2 Å². The summed E-state index contributed by atoms with van der Waals surface area (Å²) in [6.45, 7) is 16.3. The minimum atomic E-state index is -0.255. The van der Waals surface area contributed by atoms with Crippen molar-refractivity contribution in [2.24, 2.45) is 7.05 Å². The number of ether oxygens (including phenoxy) is 1. The van der Waals surface area contributed by atoms with E-state index < -0.39 is 0 Å². The zero-order valence-electron chi connectivity index (χ0n) is 24.2. The lowest BCUT2D eigenvalue weighted by molar-refractivity contribution is 0.122. The van der Waals surface area contributed by atoms with Crippen molar-refractivity contribution >= 4 is 28.2 Å². The molecule has 1 unspecified atom stereocenters. The van der Waals surface area contributed by atoms with Gasteiger partial charge < -0.3 is 23.9 Å². The number of halogens is 1. The van der Waals surface area contributed by atoms with Crippen molar-refractivity contribution in [2.75, 3.05) is 49.2 Å². The number of rotatable bonds is 5. The summed E-state index contributed by atoms with van der Waals surface area (Å²) in [6, 6.07) is 20.6. The summed E-state index contributed by atoms with van der Waals surface area (Å²) in [4.78, 5) is 28.2. The summed E-state index contributed by atoms with van der Waals surface area (Å²) >= 11 is 0. The van der Waals surface area contributed by atoms with Gasteiger partial charge in [-0.1, -0.05) is 30.8 Å². The Bertz CT molecular complexity index is 1690. The highest BCUT2D eigenvalue weighted by Gasteiger charge is 2.36. The van der Waals surface area contributed by atoms with Gasteiger partial charge in [0, 0.05) is 57.1 Å². The Morgan fingerprint density at radius 1 is 0.976 bits per heavy atom. The van der Waals surface area contributed by atoms with Crippen molar-refractivity contribution in [3.05, 3.63) is 105 Å². The molecule has 2 fully saturated rings. The maximum Gasteiger partial charge on any atom is 0.270 e. The van der Waals surface area contributed by atoms with Crippen LogP contribution in [0.15, 0.2) is 71.5 Å². The molecule has 0 radical (unpaired) electrons. The van der Waals surface area contributed by atoms with Crippen LogP contribution in [0, 0.1) is 12.4 Å². The standard InChI is InChI=1S/C33H35FN6O2/c1-22-21-40(23(2)20-39(22)29-19-31(41)37(4)28-12-13-30(35-3)36-32(28)29)33(24-8-10-26(34)11-9-24)25-6-5-7-27(18-25)38-14-16-42-17-15-38/h5-13,18-19,22-23,33H,14-17,20-21H2,1-2,4H3/t22-,23+,33?/m0/s1. The van der Waals surface area contributed by atoms with Crippen LogP contribution >= 0.6 is 0 Å². The first-order valence-electron chi connectivity index (χ1n) is 14.4. The molecule has 0 saturated carbocycles. The van der Waals surface area contributed by atoms with Crippen LogP contribution in [0.4, 0.5) is 21.6 Å². The van der Waals surface area contributed by atoms with Gasteiger partial charge in [-0.15, -0.1) is 4.98 Å². The highest BCUT2D eigenvalue weighted by Crippen LogP contribution is 2.37. The molecule has 2 saturated heterocycles. The molecule has 42 heavy (non-hydrogen) atoms. The van der Waals surface area contributed by atoms with Gasteiger partial charge in [-0.3, -0.25) is 9.69 Å². The van der Waals surface area contributed by atoms with Gasteiger partial charge in [0.2, 0.25) is 5.52 Å². The fourth-order valence-electron chi connectivity index (χ4n) is 6.37. The van der Waals surface area contributed by atoms with Crippen LogP contribution in [0.3, 0.4) is 0 Å². The van der Waals surface area contributed by atoms with Gasteiger partial charge in [-0.05, 0) is 61.4 Å². The van der Waals surface area contributed by atoms with E-state index in [-0.39, 0.29) is 29.5 Å². The molecule has 0 amide bonds. The molecule has 2 aliphatic rings. The van der Waals surface area contributed by atoms with Crippen LogP contribution in [0.1, 0.15) is 31.0 Å². The summed E-state index contributed by atoms with van der Waals surface area (Å²) in [5.41, 5.74) is 5.36.